The van der Waals surface area contributed by atoms with Gasteiger partial charge in [0.1, 0.15) is 0 Å². The van der Waals surface area contributed by atoms with Crippen LogP contribution in [-0.4, -0.2) is 0 Å². The van der Waals surface area contributed by atoms with E-state index in [4.69, 9.17) is 0 Å². The number of nitrogens with one attached hydrogen (secondary N) is 2. The normalized spacial score (nSPS) is 11.9. The van der Waals surface area contributed by atoms with Crippen LogP contribution in [0, 0.1) is 0 Å². The van der Waals surface area contributed by atoms with Crippen LogP contribution in [0.15, 0.2) is 72.8 Å². The second-order valence-electron chi connectivity index (χ2n) is 9.45. The van der Waals surface area contributed by atoms with Gasteiger partial charge in [-0.3, -0.25) is 0 Å². The largest absolute Gasteiger partial charge is 0.354 e. The fraction of sp³-hybridized carbons (Fsp3) is 0.308. The van der Waals surface area contributed by atoms with Crippen LogP contribution in [0.2, 0.25) is 0 Å². The molecule has 2 nitrogen and oxygen atoms in total. The van der Waals surface area contributed by atoms with Gasteiger partial charge in [0.25, 0.3) is 0 Å². The van der Waals surface area contributed by atoms with Crippen LogP contribution < -0.4 is 10.6 Å². The van der Waals surface area contributed by atoms with Gasteiger partial charge in [0.15, 0.2) is 0 Å². The number of rotatable bonds is 4. The first-order valence-corrected chi connectivity index (χ1v) is 9.97. The molecule has 0 aliphatic heterocycles. The number of hydrogen-bond acceptors (Lipinski definition) is 2. The van der Waals surface area contributed by atoms with Gasteiger partial charge in [-0.15, -0.1) is 0 Å². The molecule has 2 N–H and O–H groups in total. The smallest absolute Gasteiger partial charge is 0.0623 e. The highest BCUT2D eigenvalue weighted by molar-refractivity contribution is 5.78. The van der Waals surface area contributed by atoms with Gasteiger partial charge in [-0.1, -0.05) is 77.9 Å². The summed E-state index contributed by atoms with van der Waals surface area (Å²) in [6, 6.07) is 25.7. The van der Waals surface area contributed by atoms with Crippen molar-refractivity contribution >= 4 is 22.7 Å². The molecule has 0 atom stereocenters. The zero-order chi connectivity index (χ0) is 20.4. The fourth-order valence-electron chi connectivity index (χ4n) is 3.12. The molecular weight excluding hydrogens is 340 g/mol. The summed E-state index contributed by atoms with van der Waals surface area (Å²) >= 11 is 0. The summed E-state index contributed by atoms with van der Waals surface area (Å²) in [6.07, 6.45) is 0. The number of benzene rings is 3. The maximum Gasteiger partial charge on any atom is 0.0623 e. The molecule has 0 aromatic heterocycles. The topological polar surface area (TPSA) is 24.1 Å². The van der Waals surface area contributed by atoms with Crippen molar-refractivity contribution < 1.29 is 0 Å². The number of hydrogen-bond donors (Lipinski definition) is 2. The summed E-state index contributed by atoms with van der Waals surface area (Å²) in [4.78, 5) is 0. The average Bonchev–Trinajstić information content (AvgIpc) is 2.63. The van der Waals surface area contributed by atoms with Crippen LogP contribution in [0.3, 0.4) is 0 Å². The lowest BCUT2D eigenvalue weighted by atomic mass is 9.87. The molecule has 3 aromatic rings. The third-order valence-corrected chi connectivity index (χ3v) is 4.99. The van der Waals surface area contributed by atoms with Crippen molar-refractivity contribution in [3.8, 4) is 0 Å². The maximum absolute atomic E-state index is 3.54. The molecule has 146 valence electrons. The number of anilines is 4. The molecule has 0 saturated carbocycles. The fourth-order valence-corrected chi connectivity index (χ4v) is 3.12. The van der Waals surface area contributed by atoms with Crippen molar-refractivity contribution in [2.24, 2.45) is 0 Å². The van der Waals surface area contributed by atoms with Crippen molar-refractivity contribution in [1.29, 1.82) is 0 Å². The van der Waals surface area contributed by atoms with E-state index in [0.717, 1.165) is 22.7 Å². The summed E-state index contributed by atoms with van der Waals surface area (Å²) in [6.45, 7) is 13.4. The molecule has 0 unspecified atom stereocenters. The van der Waals surface area contributed by atoms with Gasteiger partial charge in [0.05, 0.1) is 11.4 Å². The van der Waals surface area contributed by atoms with Crippen molar-refractivity contribution in [2.75, 3.05) is 10.6 Å². The van der Waals surface area contributed by atoms with Gasteiger partial charge < -0.3 is 10.6 Å². The van der Waals surface area contributed by atoms with Crippen LogP contribution in [0.4, 0.5) is 22.7 Å². The molecule has 0 radical (unpaired) electrons. The first kappa shape index (κ1) is 20.0. The van der Waals surface area contributed by atoms with E-state index in [1.807, 2.05) is 0 Å². The van der Waals surface area contributed by atoms with Crippen LogP contribution >= 0.6 is 0 Å². The highest BCUT2D eigenvalue weighted by Gasteiger charge is 2.14. The maximum atomic E-state index is 3.54. The van der Waals surface area contributed by atoms with E-state index in [9.17, 15) is 0 Å². The second kappa shape index (κ2) is 7.71. The van der Waals surface area contributed by atoms with Crippen molar-refractivity contribution in [3.63, 3.8) is 0 Å². The van der Waals surface area contributed by atoms with Gasteiger partial charge in [0, 0.05) is 11.4 Å². The highest BCUT2D eigenvalue weighted by Crippen LogP contribution is 2.31. The molecule has 0 amide bonds. The average molecular weight is 373 g/mol. The first-order valence-electron chi connectivity index (χ1n) is 9.97. The third-order valence-electron chi connectivity index (χ3n) is 4.99. The third kappa shape index (κ3) is 4.95. The predicted molar refractivity (Wildman–Crippen MR) is 123 cm³/mol. The Morgan fingerprint density at radius 2 is 0.786 bits per heavy atom. The molecule has 3 aromatic carbocycles. The minimum Gasteiger partial charge on any atom is -0.354 e. The zero-order valence-corrected chi connectivity index (χ0v) is 17.9. The molecule has 0 aliphatic rings. The van der Waals surface area contributed by atoms with Crippen LogP contribution in [0.1, 0.15) is 52.7 Å². The van der Waals surface area contributed by atoms with Crippen LogP contribution in [0.5, 0.6) is 0 Å². The molecule has 0 aliphatic carbocycles. The predicted octanol–water partition coefficient (Wildman–Crippen LogP) is 7.77. The molecule has 0 spiro atoms. The zero-order valence-electron chi connectivity index (χ0n) is 17.9. The van der Waals surface area contributed by atoms with Crippen LogP contribution in [0.25, 0.3) is 0 Å². The van der Waals surface area contributed by atoms with E-state index in [0.29, 0.717) is 0 Å². The summed E-state index contributed by atoms with van der Waals surface area (Å²) < 4.78 is 0. The first-order chi connectivity index (χ1) is 13.1. The van der Waals surface area contributed by atoms with E-state index in [2.05, 4.69) is 125 Å². The molecule has 2 heteroatoms. The minimum absolute atomic E-state index is 0.164. The standard InChI is InChI=1S/C26H32N2/c1-25(2,3)19-11-15-21(16-12-19)27-23-9-7-8-10-24(23)28-22-17-13-20(14-18-22)26(4,5)6/h7-18,27-28H,1-6H3. The monoisotopic (exact) mass is 372 g/mol. The van der Waals surface area contributed by atoms with E-state index in [1.54, 1.807) is 0 Å². The Morgan fingerprint density at radius 1 is 0.464 bits per heavy atom. The molecule has 0 fully saturated rings. The van der Waals surface area contributed by atoms with Gasteiger partial charge in [0.2, 0.25) is 0 Å². The highest BCUT2D eigenvalue weighted by atomic mass is 15.0. The lowest BCUT2D eigenvalue weighted by molar-refractivity contribution is 0.590. The van der Waals surface area contributed by atoms with Crippen molar-refractivity contribution in [1.82, 2.24) is 0 Å². The Kier molecular flexibility index (Phi) is 5.51. The van der Waals surface area contributed by atoms with Crippen molar-refractivity contribution in [2.45, 2.75) is 52.4 Å². The Bertz CT molecular complexity index is 830. The van der Waals surface area contributed by atoms with E-state index in [-0.39, 0.29) is 10.8 Å². The molecule has 0 heterocycles. The molecule has 28 heavy (non-hydrogen) atoms. The molecule has 3 rings (SSSR count). The van der Waals surface area contributed by atoms with E-state index < -0.39 is 0 Å². The van der Waals surface area contributed by atoms with E-state index in [1.165, 1.54) is 11.1 Å². The van der Waals surface area contributed by atoms with Crippen LogP contribution in [-0.2, 0) is 10.8 Å². The Balaban J connectivity index is 1.78. The molecular formula is C26H32N2. The summed E-state index contributed by atoms with van der Waals surface area (Å²) in [7, 11) is 0. The lowest BCUT2D eigenvalue weighted by Gasteiger charge is -2.20. The van der Waals surface area contributed by atoms with Gasteiger partial charge in [-0.2, -0.15) is 0 Å². The lowest BCUT2D eigenvalue weighted by Crippen LogP contribution is -2.10. The quantitative estimate of drug-likeness (QED) is 0.489. The Labute approximate surface area is 170 Å². The Hall–Kier alpha value is -2.74. The minimum atomic E-state index is 0.164. The molecule has 0 saturated heterocycles. The summed E-state index contributed by atoms with van der Waals surface area (Å²) in [5, 5.41) is 7.09. The van der Waals surface area contributed by atoms with Gasteiger partial charge in [-0.25, -0.2) is 0 Å². The van der Waals surface area contributed by atoms with Crippen molar-refractivity contribution in [3.05, 3.63) is 83.9 Å². The van der Waals surface area contributed by atoms with E-state index >= 15 is 0 Å². The summed E-state index contributed by atoms with van der Waals surface area (Å²) in [5.41, 5.74) is 7.30. The molecule has 0 bridgehead atoms. The SMILES string of the molecule is CC(C)(C)c1ccc(Nc2ccccc2Nc2ccc(C(C)(C)C)cc2)cc1. The van der Waals surface area contributed by atoms with Gasteiger partial charge >= 0.3 is 0 Å². The van der Waals surface area contributed by atoms with Gasteiger partial charge in [-0.05, 0) is 58.4 Å². The Morgan fingerprint density at radius 3 is 1.07 bits per heavy atom. The summed E-state index contributed by atoms with van der Waals surface area (Å²) in [5.74, 6) is 0. The second-order valence-corrected chi connectivity index (χ2v) is 9.45. The number of para-hydroxylation sites is 2.